The van der Waals surface area contributed by atoms with Crippen LogP contribution in [0.25, 0.3) is 0 Å². The van der Waals surface area contributed by atoms with Gasteiger partial charge in [0.2, 0.25) is 10.0 Å². The van der Waals surface area contributed by atoms with E-state index in [1.165, 1.54) is 13.0 Å². The molecule has 2 amide bonds. The zero-order chi connectivity index (χ0) is 19.2. The topological polar surface area (TPSA) is 128 Å². The van der Waals surface area contributed by atoms with Crippen LogP contribution in [0.2, 0.25) is 0 Å². The van der Waals surface area contributed by atoms with Crippen molar-refractivity contribution in [3.8, 4) is 0 Å². The number of imide groups is 1. The van der Waals surface area contributed by atoms with E-state index in [-0.39, 0.29) is 4.90 Å². The lowest BCUT2D eigenvalue weighted by Crippen LogP contribution is -2.41. The van der Waals surface area contributed by atoms with Crippen LogP contribution >= 0.6 is 0 Å². The number of methoxy groups -OCH3 is 1. The molecule has 25 heavy (non-hydrogen) atoms. The number of rotatable bonds is 6. The first kappa shape index (κ1) is 20.6. The van der Waals surface area contributed by atoms with Gasteiger partial charge >= 0.3 is 12.1 Å². The highest BCUT2D eigenvalue weighted by atomic mass is 32.2. The second kappa shape index (κ2) is 8.58. The van der Waals surface area contributed by atoms with Crippen molar-refractivity contribution in [2.24, 2.45) is 0 Å². The summed E-state index contributed by atoms with van der Waals surface area (Å²) in [6, 6.07) is 4.90. The van der Waals surface area contributed by atoms with Crippen LogP contribution in [0.3, 0.4) is 0 Å². The van der Waals surface area contributed by atoms with E-state index in [0.29, 0.717) is 5.56 Å². The third-order valence-corrected chi connectivity index (χ3v) is 4.67. The van der Waals surface area contributed by atoms with Gasteiger partial charge in [0.15, 0.2) is 6.10 Å². The minimum Gasteiger partial charge on any atom is -0.453 e. The second-order valence-electron chi connectivity index (χ2n) is 5.21. The number of hydrogen-bond acceptors (Lipinski definition) is 7. The number of benzene rings is 1. The highest BCUT2D eigenvalue weighted by Gasteiger charge is 2.22. The van der Waals surface area contributed by atoms with Crippen LogP contribution in [0, 0.1) is 13.8 Å². The normalized spacial score (nSPS) is 12.2. The Morgan fingerprint density at radius 3 is 2.44 bits per heavy atom. The van der Waals surface area contributed by atoms with E-state index < -0.39 is 40.6 Å². The number of carbonyl (C=O) groups is 3. The molecule has 0 heterocycles. The summed E-state index contributed by atoms with van der Waals surface area (Å²) in [5, 5.41) is 1.83. The summed E-state index contributed by atoms with van der Waals surface area (Å²) in [6.45, 7) is 3.95. The van der Waals surface area contributed by atoms with Gasteiger partial charge in [0, 0.05) is 0 Å². The Morgan fingerprint density at radius 1 is 1.20 bits per heavy atom. The van der Waals surface area contributed by atoms with Gasteiger partial charge in [-0.1, -0.05) is 12.1 Å². The summed E-state index contributed by atoms with van der Waals surface area (Å²) >= 11 is 0. The number of amides is 2. The van der Waals surface area contributed by atoms with Crippen molar-refractivity contribution in [2.75, 3.05) is 13.7 Å². The quantitative estimate of drug-likeness (QED) is 0.692. The molecule has 0 aromatic heterocycles. The summed E-state index contributed by atoms with van der Waals surface area (Å²) < 4.78 is 35.6. The van der Waals surface area contributed by atoms with E-state index in [1.807, 2.05) is 5.32 Å². The van der Waals surface area contributed by atoms with Crippen molar-refractivity contribution in [2.45, 2.75) is 31.8 Å². The Bertz CT molecular complexity index is 774. The Labute approximate surface area is 145 Å². The summed E-state index contributed by atoms with van der Waals surface area (Å²) in [4.78, 5) is 34.2. The molecule has 2 N–H and O–H groups in total. The minimum atomic E-state index is -3.91. The third kappa shape index (κ3) is 6.16. The van der Waals surface area contributed by atoms with E-state index in [2.05, 4.69) is 9.46 Å². The first-order valence-corrected chi connectivity index (χ1v) is 8.70. The van der Waals surface area contributed by atoms with E-state index >= 15 is 0 Å². The predicted octanol–water partition coefficient (Wildman–Crippen LogP) is 0.396. The maximum Gasteiger partial charge on any atom is 0.413 e. The fraction of sp³-hybridized carbons (Fsp3) is 0.400. The molecular weight excluding hydrogens is 352 g/mol. The number of sulfonamides is 1. The first-order valence-electron chi connectivity index (χ1n) is 7.22. The number of ether oxygens (including phenoxy) is 2. The number of carbonyl (C=O) groups excluding carboxylic acids is 3. The van der Waals surface area contributed by atoms with Gasteiger partial charge in [0.1, 0.15) is 6.54 Å². The number of alkyl carbamates (subject to hydrolysis) is 1. The van der Waals surface area contributed by atoms with Crippen molar-refractivity contribution < 1.29 is 32.3 Å². The predicted molar refractivity (Wildman–Crippen MR) is 87.2 cm³/mol. The molecule has 1 atom stereocenters. The van der Waals surface area contributed by atoms with Crippen LogP contribution in [0.1, 0.15) is 18.1 Å². The Morgan fingerprint density at radius 2 is 1.84 bits per heavy atom. The van der Waals surface area contributed by atoms with Crippen molar-refractivity contribution in [3.05, 3.63) is 29.3 Å². The summed E-state index contributed by atoms with van der Waals surface area (Å²) in [6.07, 6.45) is -2.29. The smallest absolute Gasteiger partial charge is 0.413 e. The van der Waals surface area contributed by atoms with Gasteiger partial charge in [-0.25, -0.2) is 13.2 Å². The molecule has 0 aliphatic heterocycles. The highest BCUT2D eigenvalue weighted by molar-refractivity contribution is 7.89. The highest BCUT2D eigenvalue weighted by Crippen LogP contribution is 2.16. The molecule has 0 fully saturated rings. The van der Waals surface area contributed by atoms with Gasteiger partial charge in [-0.15, -0.1) is 0 Å². The molecule has 138 valence electrons. The zero-order valence-electron chi connectivity index (χ0n) is 14.3. The molecule has 0 spiro atoms. The number of aryl methyl sites for hydroxylation is 2. The van der Waals surface area contributed by atoms with Gasteiger partial charge in [0.05, 0.1) is 12.0 Å². The van der Waals surface area contributed by atoms with Gasteiger partial charge in [0.25, 0.3) is 5.91 Å². The van der Waals surface area contributed by atoms with Crippen molar-refractivity contribution >= 4 is 28.0 Å². The average Bonchev–Trinajstić information content (AvgIpc) is 2.54. The molecule has 0 aliphatic carbocycles. The Kier molecular flexibility index (Phi) is 7.07. The third-order valence-electron chi connectivity index (χ3n) is 3.13. The molecule has 0 bridgehead atoms. The fourth-order valence-corrected chi connectivity index (χ4v) is 3.07. The van der Waals surface area contributed by atoms with E-state index in [1.54, 1.807) is 26.0 Å². The van der Waals surface area contributed by atoms with Crippen molar-refractivity contribution in [1.29, 1.82) is 0 Å². The molecular formula is C15H20N2O7S. The van der Waals surface area contributed by atoms with Crippen molar-refractivity contribution in [1.82, 2.24) is 10.0 Å². The Hall–Kier alpha value is -2.46. The van der Waals surface area contributed by atoms with Gasteiger partial charge in [-0.2, -0.15) is 4.72 Å². The molecule has 0 radical (unpaired) electrons. The maximum atomic E-state index is 12.3. The molecule has 1 aromatic rings. The number of esters is 1. The van der Waals surface area contributed by atoms with Crippen LogP contribution in [0.15, 0.2) is 23.1 Å². The van der Waals surface area contributed by atoms with Gasteiger partial charge in [-0.05, 0) is 38.0 Å². The second-order valence-corrected chi connectivity index (χ2v) is 6.94. The molecule has 10 heteroatoms. The zero-order valence-corrected chi connectivity index (χ0v) is 15.1. The van der Waals surface area contributed by atoms with Crippen LogP contribution < -0.4 is 10.0 Å². The first-order chi connectivity index (χ1) is 11.6. The number of hydrogen-bond donors (Lipinski definition) is 2. The molecule has 1 aromatic carbocycles. The average molecular weight is 372 g/mol. The lowest BCUT2D eigenvalue weighted by molar-refractivity contribution is -0.153. The SMILES string of the molecule is COC(=O)NC(=O)[C@@H](C)OC(=O)CNS(=O)(=O)c1cc(C)ccc1C. The van der Waals surface area contributed by atoms with Crippen LogP contribution in [-0.2, 0) is 29.1 Å². The largest absolute Gasteiger partial charge is 0.453 e. The van der Waals surface area contributed by atoms with Gasteiger partial charge < -0.3 is 9.47 Å². The maximum absolute atomic E-state index is 12.3. The number of nitrogens with one attached hydrogen (secondary N) is 2. The van der Waals surface area contributed by atoms with Crippen LogP contribution in [-0.4, -0.2) is 46.1 Å². The molecule has 0 saturated carbocycles. The molecule has 1 rings (SSSR count). The van der Waals surface area contributed by atoms with Crippen LogP contribution in [0.4, 0.5) is 4.79 Å². The van der Waals surface area contributed by atoms with Gasteiger partial charge in [-0.3, -0.25) is 14.9 Å². The summed E-state index contributed by atoms with van der Waals surface area (Å²) in [5.41, 5.74) is 1.28. The monoisotopic (exact) mass is 372 g/mol. The lowest BCUT2D eigenvalue weighted by Gasteiger charge is -2.13. The van der Waals surface area contributed by atoms with Crippen molar-refractivity contribution in [3.63, 3.8) is 0 Å². The minimum absolute atomic E-state index is 0.0526. The lowest BCUT2D eigenvalue weighted by atomic mass is 10.2. The fourth-order valence-electron chi connectivity index (χ4n) is 1.77. The van der Waals surface area contributed by atoms with E-state index in [4.69, 9.17) is 4.74 Å². The molecule has 0 unspecified atom stereocenters. The Balaban J connectivity index is 2.65. The summed E-state index contributed by atoms with van der Waals surface area (Å²) in [5.74, 6) is -1.86. The van der Waals surface area contributed by atoms with E-state index in [9.17, 15) is 22.8 Å². The molecule has 0 saturated heterocycles. The standard InChI is InChI=1S/C15H20N2O7S/c1-9-5-6-10(2)12(7-9)25(21,22)16-8-13(18)24-11(3)14(19)17-15(20)23-4/h5-7,11,16H,8H2,1-4H3,(H,17,19,20)/t11-/m1/s1. The van der Waals surface area contributed by atoms with E-state index in [0.717, 1.165) is 12.7 Å². The van der Waals surface area contributed by atoms with Crippen LogP contribution in [0.5, 0.6) is 0 Å². The summed E-state index contributed by atoms with van der Waals surface area (Å²) in [7, 11) is -2.84. The molecule has 9 nitrogen and oxygen atoms in total. The molecule has 0 aliphatic rings.